The van der Waals surface area contributed by atoms with Crippen LogP contribution in [0.5, 0.6) is 5.75 Å². The quantitative estimate of drug-likeness (QED) is 0.904. The van der Waals surface area contributed by atoms with E-state index >= 15 is 0 Å². The topological polar surface area (TPSA) is 21.3 Å². The van der Waals surface area contributed by atoms with Crippen LogP contribution in [0.25, 0.3) is 0 Å². The first-order valence-corrected chi connectivity index (χ1v) is 7.83. The van der Waals surface area contributed by atoms with Gasteiger partial charge in [-0.1, -0.05) is 22.9 Å². The molecule has 0 aliphatic carbocycles. The van der Waals surface area contributed by atoms with Gasteiger partial charge in [0, 0.05) is 16.4 Å². The lowest BCUT2D eigenvalue weighted by Gasteiger charge is -2.24. The third-order valence-electron chi connectivity index (χ3n) is 3.37. The fourth-order valence-electron chi connectivity index (χ4n) is 2.43. The Hall–Kier alpha value is -0.540. The largest absolute Gasteiger partial charge is 0.493 e. The molecular formula is C16H24BrNO. The van der Waals surface area contributed by atoms with Gasteiger partial charge in [0.15, 0.2) is 0 Å². The number of fused-ring (bicyclic) bond motifs is 1. The van der Waals surface area contributed by atoms with Crippen molar-refractivity contribution in [3.8, 4) is 5.75 Å². The van der Waals surface area contributed by atoms with Crippen LogP contribution in [0.2, 0.25) is 0 Å². The van der Waals surface area contributed by atoms with Gasteiger partial charge in [0.2, 0.25) is 0 Å². The number of nitrogens with one attached hydrogen (secondary N) is 1. The number of benzene rings is 1. The van der Waals surface area contributed by atoms with E-state index in [1.807, 2.05) is 0 Å². The van der Waals surface area contributed by atoms with Crippen LogP contribution in [0.15, 0.2) is 16.6 Å². The van der Waals surface area contributed by atoms with E-state index in [-0.39, 0.29) is 5.54 Å². The summed E-state index contributed by atoms with van der Waals surface area (Å²) >= 11 is 3.61. The first kappa shape index (κ1) is 14.9. The highest BCUT2D eigenvalue weighted by atomic mass is 79.9. The summed E-state index contributed by atoms with van der Waals surface area (Å²) in [6, 6.07) is 4.39. The average molecular weight is 326 g/mol. The molecule has 19 heavy (non-hydrogen) atoms. The fraction of sp³-hybridized carbons (Fsp3) is 0.625. The van der Waals surface area contributed by atoms with Gasteiger partial charge in [0.05, 0.1) is 6.61 Å². The molecule has 1 N–H and O–H groups in total. The normalized spacial score (nSPS) is 16.1. The Balaban J connectivity index is 2.03. The van der Waals surface area contributed by atoms with Crippen molar-refractivity contribution in [3.63, 3.8) is 0 Å². The number of hydrogen-bond donors (Lipinski definition) is 1. The van der Waals surface area contributed by atoms with Crippen molar-refractivity contribution in [1.29, 1.82) is 0 Å². The van der Waals surface area contributed by atoms with Gasteiger partial charge in [-0.05, 0) is 62.9 Å². The molecule has 1 atom stereocenters. The van der Waals surface area contributed by atoms with Crippen LogP contribution in [0, 0.1) is 5.92 Å². The number of halogens is 1. The van der Waals surface area contributed by atoms with Crippen molar-refractivity contribution in [2.24, 2.45) is 5.92 Å². The van der Waals surface area contributed by atoms with E-state index in [9.17, 15) is 0 Å². The lowest BCUT2D eigenvalue weighted by Crippen LogP contribution is -2.39. The van der Waals surface area contributed by atoms with Crippen molar-refractivity contribution >= 4 is 15.9 Å². The minimum absolute atomic E-state index is 0.185. The predicted molar refractivity (Wildman–Crippen MR) is 84.0 cm³/mol. The third-order valence-corrected chi connectivity index (χ3v) is 3.83. The molecule has 0 aromatic heterocycles. The maximum Gasteiger partial charge on any atom is 0.125 e. The van der Waals surface area contributed by atoms with Crippen LogP contribution in [0.1, 0.15) is 38.8 Å². The lowest BCUT2D eigenvalue weighted by molar-refractivity contribution is 0.347. The Morgan fingerprint density at radius 1 is 1.37 bits per heavy atom. The second-order valence-corrected chi connectivity index (χ2v) is 7.51. The SMILES string of the molecule is CC(CNC(C)(C)C)Cc1cc(Br)cc2c1OCC2. The molecule has 0 saturated carbocycles. The van der Waals surface area contributed by atoms with Crippen LogP contribution in [0.4, 0.5) is 0 Å². The Labute approximate surface area is 125 Å². The van der Waals surface area contributed by atoms with Crippen molar-refractivity contribution in [3.05, 3.63) is 27.7 Å². The summed E-state index contributed by atoms with van der Waals surface area (Å²) in [5.74, 6) is 1.73. The fourth-order valence-corrected chi connectivity index (χ4v) is 2.98. The summed E-state index contributed by atoms with van der Waals surface area (Å²) < 4.78 is 6.96. The number of hydrogen-bond acceptors (Lipinski definition) is 2. The summed E-state index contributed by atoms with van der Waals surface area (Å²) in [6.07, 6.45) is 2.10. The summed E-state index contributed by atoms with van der Waals surface area (Å²) in [5.41, 5.74) is 2.87. The highest BCUT2D eigenvalue weighted by Gasteiger charge is 2.19. The van der Waals surface area contributed by atoms with Gasteiger partial charge in [-0.3, -0.25) is 0 Å². The highest BCUT2D eigenvalue weighted by molar-refractivity contribution is 9.10. The average Bonchev–Trinajstić information content (AvgIpc) is 2.73. The van der Waals surface area contributed by atoms with Crippen LogP contribution >= 0.6 is 15.9 Å². The van der Waals surface area contributed by atoms with Gasteiger partial charge in [0.1, 0.15) is 5.75 Å². The molecule has 1 aromatic rings. The lowest BCUT2D eigenvalue weighted by atomic mass is 9.97. The molecule has 1 heterocycles. The molecule has 1 aliphatic rings. The molecule has 0 fully saturated rings. The Morgan fingerprint density at radius 2 is 2.11 bits per heavy atom. The molecule has 1 unspecified atom stereocenters. The second-order valence-electron chi connectivity index (χ2n) is 6.59. The summed E-state index contributed by atoms with van der Waals surface area (Å²) in [4.78, 5) is 0. The van der Waals surface area contributed by atoms with E-state index < -0.39 is 0 Å². The highest BCUT2D eigenvalue weighted by Crippen LogP contribution is 2.34. The molecular weight excluding hydrogens is 302 g/mol. The third kappa shape index (κ3) is 4.22. The van der Waals surface area contributed by atoms with E-state index in [4.69, 9.17) is 4.74 Å². The van der Waals surface area contributed by atoms with Crippen LogP contribution in [-0.4, -0.2) is 18.7 Å². The number of rotatable bonds is 4. The van der Waals surface area contributed by atoms with E-state index in [2.05, 4.69) is 61.1 Å². The van der Waals surface area contributed by atoms with Gasteiger partial charge in [-0.25, -0.2) is 0 Å². The Kier molecular flexibility index (Phi) is 4.57. The molecule has 0 radical (unpaired) electrons. The van der Waals surface area contributed by atoms with Gasteiger partial charge >= 0.3 is 0 Å². The molecule has 1 aliphatic heterocycles. The minimum Gasteiger partial charge on any atom is -0.493 e. The van der Waals surface area contributed by atoms with Crippen LogP contribution in [-0.2, 0) is 12.8 Å². The number of ether oxygens (including phenoxy) is 1. The minimum atomic E-state index is 0.185. The van der Waals surface area contributed by atoms with Crippen molar-refractivity contribution < 1.29 is 4.74 Å². The molecule has 3 heteroatoms. The second kappa shape index (κ2) is 5.84. The van der Waals surface area contributed by atoms with Gasteiger partial charge < -0.3 is 10.1 Å². The zero-order valence-corrected chi connectivity index (χ0v) is 13.9. The first-order valence-electron chi connectivity index (χ1n) is 7.04. The van der Waals surface area contributed by atoms with Crippen LogP contribution < -0.4 is 10.1 Å². The standard InChI is InChI=1S/C16H24BrNO/c1-11(10-18-16(2,3)4)7-13-9-14(17)8-12-5-6-19-15(12)13/h8-9,11,18H,5-7,10H2,1-4H3. The van der Waals surface area contributed by atoms with Crippen LogP contribution in [0.3, 0.4) is 0 Å². The van der Waals surface area contributed by atoms with E-state index in [0.717, 1.165) is 31.7 Å². The zero-order valence-electron chi connectivity index (χ0n) is 12.3. The molecule has 106 valence electrons. The van der Waals surface area contributed by atoms with E-state index in [0.29, 0.717) is 5.92 Å². The Morgan fingerprint density at radius 3 is 2.79 bits per heavy atom. The molecule has 1 aromatic carbocycles. The maximum absolute atomic E-state index is 5.79. The molecule has 2 nitrogen and oxygen atoms in total. The van der Waals surface area contributed by atoms with E-state index in [1.165, 1.54) is 15.6 Å². The maximum atomic E-state index is 5.79. The molecule has 0 saturated heterocycles. The smallest absolute Gasteiger partial charge is 0.125 e. The monoisotopic (exact) mass is 325 g/mol. The van der Waals surface area contributed by atoms with Crippen molar-refractivity contribution in [2.45, 2.75) is 46.1 Å². The van der Waals surface area contributed by atoms with Crippen molar-refractivity contribution in [2.75, 3.05) is 13.2 Å². The molecule has 0 spiro atoms. The summed E-state index contributed by atoms with van der Waals surface area (Å²) in [5, 5.41) is 3.57. The van der Waals surface area contributed by atoms with Gasteiger partial charge in [-0.2, -0.15) is 0 Å². The molecule has 0 amide bonds. The summed E-state index contributed by atoms with van der Waals surface area (Å²) in [6.45, 7) is 10.8. The van der Waals surface area contributed by atoms with Gasteiger partial charge in [-0.15, -0.1) is 0 Å². The van der Waals surface area contributed by atoms with Crippen molar-refractivity contribution in [1.82, 2.24) is 5.32 Å². The summed E-state index contributed by atoms with van der Waals surface area (Å²) in [7, 11) is 0. The van der Waals surface area contributed by atoms with E-state index in [1.54, 1.807) is 0 Å². The molecule has 0 bridgehead atoms. The molecule has 2 rings (SSSR count). The Bertz CT molecular complexity index is 451. The zero-order chi connectivity index (χ0) is 14.0. The first-order chi connectivity index (χ1) is 8.85. The van der Waals surface area contributed by atoms with Gasteiger partial charge in [0.25, 0.3) is 0 Å². The predicted octanol–water partition coefficient (Wildman–Crippen LogP) is 3.95.